The number of carbonyl (C=O) groups excluding carboxylic acids is 2. The summed E-state index contributed by atoms with van der Waals surface area (Å²) in [6.07, 6.45) is 2.34. The van der Waals surface area contributed by atoms with E-state index in [1.54, 1.807) is 30.3 Å². The van der Waals surface area contributed by atoms with Crippen LogP contribution in [-0.4, -0.2) is 54.0 Å². The number of rotatable bonds is 4. The number of esters is 1. The summed E-state index contributed by atoms with van der Waals surface area (Å²) in [6, 6.07) is 10.8. The molecule has 174 valence electrons. The number of methoxy groups -OCH3 is 1. The lowest BCUT2D eigenvalue weighted by Gasteiger charge is -2.20. The number of halogens is 1. The quantitative estimate of drug-likeness (QED) is 0.370. The van der Waals surface area contributed by atoms with Crippen LogP contribution in [0.1, 0.15) is 15.9 Å². The van der Waals surface area contributed by atoms with Crippen molar-refractivity contribution >= 4 is 66.5 Å². The first kappa shape index (κ1) is 23.7. The monoisotopic (exact) mass is 518 g/mol. The first-order valence-electron chi connectivity index (χ1n) is 9.43. The van der Waals surface area contributed by atoms with Crippen LogP contribution >= 0.6 is 23.4 Å². The van der Waals surface area contributed by atoms with Gasteiger partial charge in [0.1, 0.15) is 11.5 Å². The van der Waals surface area contributed by atoms with Crippen LogP contribution in [0.2, 0.25) is 5.02 Å². The number of thioether (sulfide) groups is 1. The maximum Gasteiger partial charge on any atom is 0.343 e. The summed E-state index contributed by atoms with van der Waals surface area (Å²) >= 11 is 6.96. The molecular formula is C21H15ClN4O6S2. The minimum Gasteiger partial charge on any atom is -0.497 e. The highest BCUT2D eigenvalue weighted by Gasteiger charge is 2.38. The van der Waals surface area contributed by atoms with E-state index in [9.17, 15) is 18.0 Å². The fraction of sp³-hybridized carbons (Fsp3) is 0.0952. The van der Waals surface area contributed by atoms with Crippen LogP contribution in [0.3, 0.4) is 0 Å². The molecule has 0 aromatic heterocycles. The van der Waals surface area contributed by atoms with Gasteiger partial charge in [-0.25, -0.2) is 13.2 Å². The van der Waals surface area contributed by atoms with Crippen LogP contribution < -0.4 is 9.47 Å². The number of fused-ring (bicyclic) bond motifs is 1. The summed E-state index contributed by atoms with van der Waals surface area (Å²) < 4.78 is 33.6. The van der Waals surface area contributed by atoms with Crippen molar-refractivity contribution in [2.24, 2.45) is 10.1 Å². The topological polar surface area (TPSA) is 139 Å². The van der Waals surface area contributed by atoms with Crippen molar-refractivity contribution in [2.75, 3.05) is 13.4 Å². The summed E-state index contributed by atoms with van der Waals surface area (Å²) in [5.74, 6) is -0.967. The number of hydrazone groups is 1. The third-order valence-electron chi connectivity index (χ3n) is 4.55. The van der Waals surface area contributed by atoms with E-state index >= 15 is 0 Å². The predicted octanol–water partition coefficient (Wildman–Crippen LogP) is 3.19. The van der Waals surface area contributed by atoms with Gasteiger partial charge in [0.15, 0.2) is 5.84 Å². The average molecular weight is 519 g/mol. The minimum absolute atomic E-state index is 0.00796. The third-order valence-corrected chi connectivity index (χ3v) is 7.42. The van der Waals surface area contributed by atoms with Gasteiger partial charge in [0.2, 0.25) is 19.4 Å². The van der Waals surface area contributed by atoms with Gasteiger partial charge in [-0.05, 0) is 59.8 Å². The van der Waals surface area contributed by atoms with Gasteiger partial charge < -0.3 is 9.47 Å². The Morgan fingerprint density at radius 2 is 1.91 bits per heavy atom. The second kappa shape index (κ2) is 9.05. The van der Waals surface area contributed by atoms with Gasteiger partial charge in [0.05, 0.1) is 23.3 Å². The molecule has 13 heteroatoms. The maximum atomic E-state index is 12.5. The van der Waals surface area contributed by atoms with Gasteiger partial charge in [-0.1, -0.05) is 17.7 Å². The molecule has 0 aliphatic carbocycles. The number of amidine groups is 2. The molecule has 4 rings (SSSR count). The minimum atomic E-state index is -3.62. The zero-order chi connectivity index (χ0) is 24.6. The SMILES string of the molecule is COc1ccc(C(=O)Oc2ccc(/C=C3\C(=N)N4N=C(S(C)(=O)=O)SC4=NC3=O)cc2Cl)cc1. The van der Waals surface area contributed by atoms with Crippen molar-refractivity contribution in [3.63, 3.8) is 0 Å². The van der Waals surface area contributed by atoms with E-state index in [0.717, 1.165) is 11.3 Å². The van der Waals surface area contributed by atoms with Gasteiger partial charge in [0, 0.05) is 6.26 Å². The molecular weight excluding hydrogens is 504 g/mol. The molecule has 0 spiro atoms. The second-order valence-electron chi connectivity index (χ2n) is 6.97. The average Bonchev–Trinajstić information content (AvgIpc) is 3.23. The van der Waals surface area contributed by atoms with Crippen molar-refractivity contribution < 1.29 is 27.5 Å². The second-order valence-corrected chi connectivity index (χ2v) is 10.5. The largest absolute Gasteiger partial charge is 0.497 e. The highest BCUT2D eigenvalue weighted by atomic mass is 35.5. The maximum absolute atomic E-state index is 12.5. The molecule has 0 unspecified atom stereocenters. The number of aliphatic imine (C=N–C) groups is 1. The van der Waals surface area contributed by atoms with E-state index in [2.05, 4.69) is 10.1 Å². The molecule has 0 saturated heterocycles. The number of hydrogen-bond acceptors (Lipinski definition) is 9. The molecule has 0 fully saturated rings. The standard InChI is InChI=1S/C21H15ClN4O6S2/c1-31-13-6-4-12(5-7-13)19(28)32-16-8-3-11(10-15(16)22)9-14-17(23)26-20(24-18(14)27)33-21(25-26)34(2,29)30/h3-10,23H,1-2H3/b14-9+,23-17?. The Hall–Kier alpha value is -3.48. The van der Waals surface area contributed by atoms with E-state index in [1.807, 2.05) is 0 Å². The van der Waals surface area contributed by atoms with Gasteiger partial charge in [-0.2, -0.15) is 10.0 Å². The van der Waals surface area contributed by atoms with Gasteiger partial charge in [0.25, 0.3) is 5.91 Å². The number of ether oxygens (including phenoxy) is 2. The smallest absolute Gasteiger partial charge is 0.343 e. The lowest BCUT2D eigenvalue weighted by molar-refractivity contribution is -0.114. The molecule has 2 heterocycles. The Balaban J connectivity index is 1.55. The number of nitrogens with one attached hydrogen (secondary N) is 1. The van der Waals surface area contributed by atoms with Crippen molar-refractivity contribution in [3.8, 4) is 11.5 Å². The summed E-state index contributed by atoms with van der Waals surface area (Å²) in [6.45, 7) is 0. The van der Waals surface area contributed by atoms with Crippen LogP contribution in [0.15, 0.2) is 58.1 Å². The molecule has 2 aliphatic heterocycles. The summed E-state index contributed by atoms with van der Waals surface area (Å²) in [5.41, 5.74) is 0.623. The highest BCUT2D eigenvalue weighted by molar-refractivity contribution is 8.42. The first-order chi connectivity index (χ1) is 16.1. The third kappa shape index (κ3) is 4.74. The van der Waals surface area contributed by atoms with Crippen LogP contribution in [0.4, 0.5) is 0 Å². The zero-order valence-corrected chi connectivity index (χ0v) is 20.0. The van der Waals surface area contributed by atoms with Crippen LogP contribution in [0.5, 0.6) is 11.5 Å². The molecule has 34 heavy (non-hydrogen) atoms. The van der Waals surface area contributed by atoms with E-state index in [-0.39, 0.29) is 31.7 Å². The Kier molecular flexibility index (Phi) is 6.30. The number of nitrogens with zero attached hydrogens (tertiary/aromatic N) is 3. The lowest BCUT2D eigenvalue weighted by atomic mass is 10.1. The molecule has 2 aromatic carbocycles. The van der Waals surface area contributed by atoms with Crippen LogP contribution in [0, 0.1) is 5.41 Å². The molecule has 0 atom stereocenters. The molecule has 10 nitrogen and oxygen atoms in total. The van der Waals surface area contributed by atoms with Gasteiger partial charge >= 0.3 is 5.97 Å². The summed E-state index contributed by atoms with van der Waals surface area (Å²) in [7, 11) is -2.11. The van der Waals surface area contributed by atoms with E-state index in [4.69, 9.17) is 26.5 Å². The van der Waals surface area contributed by atoms with Crippen molar-refractivity contribution in [1.29, 1.82) is 5.41 Å². The first-order valence-corrected chi connectivity index (χ1v) is 12.5. The molecule has 1 amide bonds. The van der Waals surface area contributed by atoms with E-state index in [0.29, 0.717) is 28.6 Å². The Labute approximate surface area is 203 Å². The number of carbonyl (C=O) groups is 2. The van der Waals surface area contributed by atoms with Gasteiger partial charge in [-0.3, -0.25) is 10.2 Å². The molecule has 2 aromatic rings. The van der Waals surface area contributed by atoms with Gasteiger partial charge in [-0.15, -0.1) is 5.10 Å². The van der Waals surface area contributed by atoms with E-state index in [1.165, 1.54) is 25.3 Å². The fourth-order valence-corrected chi connectivity index (χ4v) is 4.78. The molecule has 0 radical (unpaired) electrons. The van der Waals surface area contributed by atoms with Crippen molar-refractivity contribution in [1.82, 2.24) is 5.01 Å². The normalized spacial score (nSPS) is 16.8. The zero-order valence-electron chi connectivity index (χ0n) is 17.6. The number of benzene rings is 2. The number of sulfone groups is 1. The summed E-state index contributed by atoms with van der Waals surface area (Å²) in [5, 5.41) is 13.2. The van der Waals surface area contributed by atoms with E-state index < -0.39 is 21.7 Å². The highest BCUT2D eigenvalue weighted by Crippen LogP contribution is 2.31. The fourth-order valence-electron chi connectivity index (χ4n) is 2.87. The predicted molar refractivity (Wildman–Crippen MR) is 129 cm³/mol. The lowest BCUT2D eigenvalue weighted by Crippen LogP contribution is -2.35. The Morgan fingerprint density at radius 1 is 1.21 bits per heavy atom. The van der Waals surface area contributed by atoms with Crippen molar-refractivity contribution in [3.05, 3.63) is 64.2 Å². The van der Waals surface area contributed by atoms with Crippen LogP contribution in [0.25, 0.3) is 6.08 Å². The summed E-state index contributed by atoms with van der Waals surface area (Å²) in [4.78, 5) is 28.7. The molecule has 0 saturated carbocycles. The molecule has 1 N–H and O–H groups in total. The van der Waals surface area contributed by atoms with Crippen molar-refractivity contribution in [2.45, 2.75) is 0 Å². The number of amides is 1. The Bertz CT molecular complexity index is 1430. The Morgan fingerprint density at radius 3 is 2.53 bits per heavy atom. The van der Waals surface area contributed by atoms with Crippen LogP contribution in [-0.2, 0) is 14.6 Å². The molecule has 2 aliphatic rings. The molecule has 0 bridgehead atoms. The number of hydrogen-bond donors (Lipinski definition) is 1.